The molecule has 0 heterocycles. The molecule has 1 unspecified atom stereocenters. The van der Waals surface area contributed by atoms with Crippen LogP contribution >= 0.6 is 0 Å². The van der Waals surface area contributed by atoms with Crippen molar-refractivity contribution in [3.8, 4) is 5.75 Å². The van der Waals surface area contributed by atoms with Crippen LogP contribution in [0.4, 0.5) is 14.9 Å². The molecule has 0 saturated carbocycles. The normalized spacial score (nSPS) is 11.6. The quantitative estimate of drug-likeness (QED) is 0.746. The summed E-state index contributed by atoms with van der Waals surface area (Å²) in [6.45, 7) is 1.74. The number of methoxy groups -OCH3 is 1. The van der Waals surface area contributed by atoms with Gasteiger partial charge in [0.25, 0.3) is 0 Å². The van der Waals surface area contributed by atoms with Gasteiger partial charge < -0.3 is 20.5 Å². The maximum absolute atomic E-state index is 13.0. The van der Waals surface area contributed by atoms with E-state index in [0.717, 1.165) is 6.07 Å². The van der Waals surface area contributed by atoms with E-state index in [1.807, 2.05) is 0 Å². The number of rotatable bonds is 6. The van der Waals surface area contributed by atoms with Crippen molar-refractivity contribution in [1.29, 1.82) is 0 Å². The van der Waals surface area contributed by atoms with Crippen molar-refractivity contribution in [3.63, 3.8) is 0 Å². The molecule has 0 fully saturated rings. The molecule has 6 nitrogen and oxygen atoms in total. The molecule has 1 aromatic rings. The molecule has 0 spiro atoms. The van der Waals surface area contributed by atoms with Crippen molar-refractivity contribution in [3.05, 3.63) is 24.0 Å². The van der Waals surface area contributed by atoms with Crippen molar-refractivity contribution < 1.29 is 23.8 Å². The van der Waals surface area contributed by atoms with Crippen LogP contribution in [-0.4, -0.2) is 30.8 Å². The molecule has 0 radical (unpaired) electrons. The second-order valence-corrected chi connectivity index (χ2v) is 4.12. The number of amides is 2. The third-order valence-electron chi connectivity index (χ3n) is 2.76. The van der Waals surface area contributed by atoms with Crippen molar-refractivity contribution in [2.75, 3.05) is 19.0 Å². The smallest absolute Gasteiger partial charge is 0.319 e. The van der Waals surface area contributed by atoms with E-state index >= 15 is 0 Å². The van der Waals surface area contributed by atoms with Gasteiger partial charge in [-0.05, 0) is 18.6 Å². The molecule has 110 valence electrons. The van der Waals surface area contributed by atoms with E-state index < -0.39 is 23.7 Å². The number of halogens is 1. The van der Waals surface area contributed by atoms with Crippen LogP contribution in [0.5, 0.6) is 5.75 Å². The molecule has 1 rings (SSSR count). The average molecular weight is 284 g/mol. The first-order valence-corrected chi connectivity index (χ1v) is 6.09. The van der Waals surface area contributed by atoms with E-state index in [1.165, 1.54) is 19.2 Å². The lowest BCUT2D eigenvalue weighted by molar-refractivity contribution is -0.141. The van der Waals surface area contributed by atoms with Gasteiger partial charge in [0.15, 0.2) is 0 Å². The highest BCUT2D eigenvalue weighted by molar-refractivity contribution is 5.91. The van der Waals surface area contributed by atoms with Crippen LogP contribution in [0.15, 0.2) is 18.2 Å². The summed E-state index contributed by atoms with van der Waals surface area (Å²) in [4.78, 5) is 22.4. The van der Waals surface area contributed by atoms with E-state index in [2.05, 4.69) is 10.6 Å². The molecule has 1 aromatic carbocycles. The number of ether oxygens (including phenoxy) is 1. The second-order valence-electron chi connectivity index (χ2n) is 4.12. The van der Waals surface area contributed by atoms with Gasteiger partial charge in [0, 0.05) is 12.6 Å². The predicted molar refractivity (Wildman–Crippen MR) is 71.4 cm³/mol. The predicted octanol–water partition coefficient (Wildman–Crippen LogP) is 2.07. The molecule has 7 heteroatoms. The lowest BCUT2D eigenvalue weighted by atomic mass is 10.1. The Morgan fingerprint density at radius 1 is 1.45 bits per heavy atom. The minimum absolute atomic E-state index is 0.0151. The molecule has 0 aromatic heterocycles. The van der Waals surface area contributed by atoms with Crippen molar-refractivity contribution in [1.82, 2.24) is 5.32 Å². The zero-order chi connectivity index (χ0) is 15.1. The Kier molecular flexibility index (Phi) is 5.76. The Hall–Kier alpha value is -2.31. The van der Waals surface area contributed by atoms with Crippen LogP contribution in [0.2, 0.25) is 0 Å². The fraction of sp³-hybridized carbons (Fsp3) is 0.385. The third-order valence-corrected chi connectivity index (χ3v) is 2.76. The van der Waals surface area contributed by atoms with Crippen LogP contribution in [0.3, 0.4) is 0 Å². The van der Waals surface area contributed by atoms with E-state index in [0.29, 0.717) is 12.1 Å². The van der Waals surface area contributed by atoms with Gasteiger partial charge in [-0.3, -0.25) is 4.79 Å². The Labute approximate surface area is 115 Å². The molecular weight excluding hydrogens is 267 g/mol. The standard InChI is InChI=1S/C13H17FN2O4/c1-3-8(12(17)18)7-15-13(19)16-10-5-4-9(14)6-11(10)20-2/h4-6,8H,3,7H2,1-2H3,(H,17,18)(H2,15,16,19). The molecular formula is C13H17FN2O4. The van der Waals surface area contributed by atoms with Gasteiger partial charge in [0.2, 0.25) is 0 Å². The number of carboxylic acids is 1. The van der Waals surface area contributed by atoms with Crippen molar-refractivity contribution >= 4 is 17.7 Å². The van der Waals surface area contributed by atoms with Gasteiger partial charge in [-0.1, -0.05) is 6.92 Å². The van der Waals surface area contributed by atoms with Gasteiger partial charge >= 0.3 is 12.0 Å². The second kappa shape index (κ2) is 7.32. The number of benzene rings is 1. The molecule has 0 bridgehead atoms. The number of carbonyl (C=O) groups excluding carboxylic acids is 1. The highest BCUT2D eigenvalue weighted by Gasteiger charge is 2.16. The first-order valence-electron chi connectivity index (χ1n) is 6.09. The molecule has 3 N–H and O–H groups in total. The summed E-state index contributed by atoms with van der Waals surface area (Å²) in [5.74, 6) is -1.90. The minimum atomic E-state index is -0.966. The summed E-state index contributed by atoms with van der Waals surface area (Å²) in [6, 6.07) is 3.11. The number of urea groups is 1. The number of hydrogen-bond acceptors (Lipinski definition) is 3. The van der Waals surface area contributed by atoms with Crippen LogP contribution in [0.25, 0.3) is 0 Å². The lowest BCUT2D eigenvalue weighted by Gasteiger charge is -2.13. The summed E-state index contributed by atoms with van der Waals surface area (Å²) < 4.78 is 17.9. The summed E-state index contributed by atoms with van der Waals surface area (Å²) in [5, 5.41) is 13.8. The van der Waals surface area contributed by atoms with E-state index in [9.17, 15) is 14.0 Å². The number of carbonyl (C=O) groups is 2. The van der Waals surface area contributed by atoms with Crippen molar-refractivity contribution in [2.24, 2.45) is 5.92 Å². The maximum Gasteiger partial charge on any atom is 0.319 e. The van der Waals surface area contributed by atoms with Gasteiger partial charge in [0.1, 0.15) is 11.6 Å². The van der Waals surface area contributed by atoms with E-state index in [4.69, 9.17) is 9.84 Å². The molecule has 0 saturated heterocycles. The zero-order valence-electron chi connectivity index (χ0n) is 11.3. The van der Waals surface area contributed by atoms with E-state index in [-0.39, 0.29) is 12.3 Å². The summed E-state index contributed by atoms with van der Waals surface area (Å²) >= 11 is 0. The number of anilines is 1. The number of hydrogen-bond donors (Lipinski definition) is 3. The lowest BCUT2D eigenvalue weighted by Crippen LogP contribution is -2.35. The number of carboxylic acid groups (broad SMARTS) is 1. The molecule has 20 heavy (non-hydrogen) atoms. The average Bonchev–Trinajstić information content (AvgIpc) is 2.41. The fourth-order valence-corrected chi connectivity index (χ4v) is 1.56. The Bertz CT molecular complexity index is 493. The molecule has 0 aliphatic carbocycles. The Morgan fingerprint density at radius 3 is 2.70 bits per heavy atom. The zero-order valence-corrected chi connectivity index (χ0v) is 11.3. The topological polar surface area (TPSA) is 87.7 Å². The maximum atomic E-state index is 13.0. The minimum Gasteiger partial charge on any atom is -0.494 e. The van der Waals surface area contributed by atoms with Gasteiger partial charge in [-0.25, -0.2) is 9.18 Å². The Morgan fingerprint density at radius 2 is 2.15 bits per heavy atom. The summed E-state index contributed by atoms with van der Waals surface area (Å²) in [6.07, 6.45) is 0.412. The fourth-order valence-electron chi connectivity index (χ4n) is 1.56. The molecule has 0 aliphatic heterocycles. The van der Waals surface area contributed by atoms with Crippen LogP contribution in [0, 0.1) is 11.7 Å². The molecule has 2 amide bonds. The van der Waals surface area contributed by atoms with Crippen LogP contribution in [0.1, 0.15) is 13.3 Å². The highest BCUT2D eigenvalue weighted by atomic mass is 19.1. The monoisotopic (exact) mass is 284 g/mol. The van der Waals surface area contributed by atoms with E-state index in [1.54, 1.807) is 6.92 Å². The SMILES string of the molecule is CCC(CNC(=O)Nc1ccc(F)cc1OC)C(=O)O. The third kappa shape index (κ3) is 4.42. The summed E-state index contributed by atoms with van der Waals surface area (Å²) in [5.41, 5.74) is 0.301. The summed E-state index contributed by atoms with van der Waals surface area (Å²) in [7, 11) is 1.36. The van der Waals surface area contributed by atoms with Gasteiger partial charge in [-0.2, -0.15) is 0 Å². The Balaban J connectivity index is 2.60. The first-order chi connectivity index (χ1) is 9.47. The first kappa shape index (κ1) is 15.7. The number of aliphatic carboxylic acids is 1. The molecule has 0 aliphatic rings. The largest absolute Gasteiger partial charge is 0.494 e. The molecule has 1 atom stereocenters. The van der Waals surface area contributed by atoms with Gasteiger partial charge in [0.05, 0.1) is 18.7 Å². The van der Waals surface area contributed by atoms with Crippen molar-refractivity contribution in [2.45, 2.75) is 13.3 Å². The highest BCUT2D eigenvalue weighted by Crippen LogP contribution is 2.24. The van der Waals surface area contributed by atoms with Crippen LogP contribution in [-0.2, 0) is 4.79 Å². The number of nitrogens with one attached hydrogen (secondary N) is 2. The van der Waals surface area contributed by atoms with Gasteiger partial charge in [-0.15, -0.1) is 0 Å². The van der Waals surface area contributed by atoms with Crippen LogP contribution < -0.4 is 15.4 Å².